The average Bonchev–Trinajstić information content (AvgIpc) is 2.28. The molecule has 1 unspecified atom stereocenters. The monoisotopic (exact) mass is 241 g/mol. The van der Waals surface area contributed by atoms with Gasteiger partial charge in [0, 0.05) is 0 Å². The number of rotatable bonds is 5. The van der Waals surface area contributed by atoms with Crippen LogP contribution >= 0.6 is 0 Å². The maximum atomic E-state index is 11.9. The molecule has 1 atom stereocenters. The average molecular weight is 241 g/mol. The first-order chi connectivity index (χ1) is 8.02. The van der Waals surface area contributed by atoms with Crippen molar-refractivity contribution in [2.75, 3.05) is 6.54 Å². The molecule has 0 aromatic carbocycles. The summed E-state index contributed by atoms with van der Waals surface area (Å²) in [6.45, 7) is 7.04. The first kappa shape index (κ1) is 14.5. The van der Waals surface area contributed by atoms with Crippen LogP contribution in [0.5, 0.6) is 0 Å². The van der Waals surface area contributed by atoms with Gasteiger partial charge in [0.15, 0.2) is 0 Å². The van der Waals surface area contributed by atoms with Crippen molar-refractivity contribution >= 4 is 5.97 Å². The second kappa shape index (κ2) is 7.00. The van der Waals surface area contributed by atoms with Gasteiger partial charge in [-0.1, -0.05) is 13.8 Å². The first-order valence-electron chi connectivity index (χ1n) is 6.93. The lowest BCUT2D eigenvalue weighted by molar-refractivity contribution is -0.155. The minimum absolute atomic E-state index is 0.00798. The van der Waals surface area contributed by atoms with Crippen molar-refractivity contribution in [1.82, 2.24) is 0 Å². The summed E-state index contributed by atoms with van der Waals surface area (Å²) in [6.07, 6.45) is 5.06. The summed E-state index contributed by atoms with van der Waals surface area (Å²) < 4.78 is 5.50. The standard InChI is InChI=1S/C14H27NO2/c1-10(2)8-11(3)17-14(16)13-6-4-12(9-15)5-7-13/h10-13H,4-9,15H2,1-3H3. The quantitative estimate of drug-likeness (QED) is 0.753. The second-order valence-corrected chi connectivity index (χ2v) is 5.83. The molecule has 3 heteroatoms. The molecule has 0 spiro atoms. The number of hydrogen-bond acceptors (Lipinski definition) is 3. The lowest BCUT2D eigenvalue weighted by atomic mass is 9.82. The molecule has 0 aromatic heterocycles. The number of nitrogens with two attached hydrogens (primary N) is 1. The van der Waals surface area contributed by atoms with Gasteiger partial charge in [-0.3, -0.25) is 4.79 Å². The Morgan fingerprint density at radius 2 is 1.82 bits per heavy atom. The van der Waals surface area contributed by atoms with Crippen molar-refractivity contribution in [3.63, 3.8) is 0 Å². The third-order valence-electron chi connectivity index (χ3n) is 3.63. The number of carbonyl (C=O) groups excluding carboxylic acids is 1. The summed E-state index contributed by atoms with van der Waals surface area (Å²) in [5.41, 5.74) is 5.64. The molecule has 2 N–H and O–H groups in total. The lowest BCUT2D eigenvalue weighted by Gasteiger charge is -2.27. The Labute approximate surface area is 105 Å². The maximum absolute atomic E-state index is 11.9. The highest BCUT2D eigenvalue weighted by Gasteiger charge is 2.27. The van der Waals surface area contributed by atoms with Gasteiger partial charge in [0.1, 0.15) is 0 Å². The van der Waals surface area contributed by atoms with Crippen LogP contribution in [0.4, 0.5) is 0 Å². The molecule has 0 aromatic rings. The molecule has 0 radical (unpaired) electrons. The molecular weight excluding hydrogens is 214 g/mol. The van der Waals surface area contributed by atoms with Crippen molar-refractivity contribution in [3.05, 3.63) is 0 Å². The Balaban J connectivity index is 2.29. The van der Waals surface area contributed by atoms with Crippen LogP contribution in [0.1, 0.15) is 52.9 Å². The van der Waals surface area contributed by atoms with Crippen LogP contribution in [0.3, 0.4) is 0 Å². The summed E-state index contributed by atoms with van der Waals surface area (Å²) in [4.78, 5) is 11.9. The number of carbonyl (C=O) groups is 1. The Morgan fingerprint density at radius 1 is 1.24 bits per heavy atom. The molecule has 17 heavy (non-hydrogen) atoms. The van der Waals surface area contributed by atoms with Crippen molar-refractivity contribution in [2.45, 2.75) is 59.0 Å². The van der Waals surface area contributed by atoms with Crippen LogP contribution < -0.4 is 5.73 Å². The normalized spacial score (nSPS) is 26.9. The van der Waals surface area contributed by atoms with Crippen molar-refractivity contribution in [1.29, 1.82) is 0 Å². The maximum Gasteiger partial charge on any atom is 0.309 e. The molecule has 1 aliphatic rings. The fourth-order valence-electron chi connectivity index (χ4n) is 2.64. The van der Waals surface area contributed by atoms with E-state index < -0.39 is 0 Å². The van der Waals surface area contributed by atoms with E-state index in [0.29, 0.717) is 11.8 Å². The minimum Gasteiger partial charge on any atom is -0.462 e. The highest BCUT2D eigenvalue weighted by molar-refractivity contribution is 5.72. The smallest absolute Gasteiger partial charge is 0.309 e. The molecule has 0 heterocycles. The number of hydrogen-bond donors (Lipinski definition) is 1. The SMILES string of the molecule is CC(C)CC(C)OC(=O)C1CCC(CN)CC1. The van der Waals surface area contributed by atoms with Gasteiger partial charge in [0.25, 0.3) is 0 Å². The van der Waals surface area contributed by atoms with Gasteiger partial charge in [0.2, 0.25) is 0 Å². The van der Waals surface area contributed by atoms with E-state index in [4.69, 9.17) is 10.5 Å². The zero-order valence-electron chi connectivity index (χ0n) is 11.4. The highest BCUT2D eigenvalue weighted by atomic mass is 16.5. The zero-order valence-corrected chi connectivity index (χ0v) is 11.4. The van der Waals surface area contributed by atoms with Crippen molar-refractivity contribution in [2.24, 2.45) is 23.5 Å². The Hall–Kier alpha value is -0.570. The van der Waals surface area contributed by atoms with E-state index in [2.05, 4.69) is 13.8 Å². The van der Waals surface area contributed by atoms with Gasteiger partial charge in [-0.25, -0.2) is 0 Å². The van der Waals surface area contributed by atoms with Crippen LogP contribution in [0, 0.1) is 17.8 Å². The van der Waals surface area contributed by atoms with E-state index in [1.54, 1.807) is 0 Å². The van der Waals surface area contributed by atoms with Crippen molar-refractivity contribution in [3.8, 4) is 0 Å². The van der Waals surface area contributed by atoms with E-state index in [9.17, 15) is 4.79 Å². The second-order valence-electron chi connectivity index (χ2n) is 5.83. The first-order valence-corrected chi connectivity index (χ1v) is 6.93. The molecule has 3 nitrogen and oxygen atoms in total. The molecule has 0 aliphatic heterocycles. The third kappa shape index (κ3) is 5.07. The third-order valence-corrected chi connectivity index (χ3v) is 3.63. The van der Waals surface area contributed by atoms with Crippen LogP contribution in [0.2, 0.25) is 0 Å². The van der Waals surface area contributed by atoms with Gasteiger partial charge in [-0.15, -0.1) is 0 Å². The summed E-state index contributed by atoms with van der Waals surface area (Å²) >= 11 is 0. The van der Waals surface area contributed by atoms with E-state index in [1.807, 2.05) is 6.92 Å². The van der Waals surface area contributed by atoms with E-state index in [0.717, 1.165) is 38.6 Å². The Kier molecular flexibility index (Phi) is 5.96. The molecule has 0 bridgehead atoms. The predicted molar refractivity (Wildman–Crippen MR) is 69.5 cm³/mol. The predicted octanol–water partition coefficient (Wildman–Crippen LogP) is 2.73. The van der Waals surface area contributed by atoms with Gasteiger partial charge in [-0.2, -0.15) is 0 Å². The molecule has 1 rings (SSSR count). The van der Waals surface area contributed by atoms with Crippen LogP contribution in [0.25, 0.3) is 0 Å². The van der Waals surface area contributed by atoms with Crippen LogP contribution in [-0.2, 0) is 9.53 Å². The molecule has 0 amide bonds. The van der Waals surface area contributed by atoms with E-state index in [1.165, 1.54) is 0 Å². The van der Waals surface area contributed by atoms with E-state index in [-0.39, 0.29) is 18.0 Å². The molecule has 1 saturated carbocycles. The molecular formula is C14H27NO2. The van der Waals surface area contributed by atoms with Gasteiger partial charge in [-0.05, 0) is 57.4 Å². The molecule has 100 valence electrons. The highest BCUT2D eigenvalue weighted by Crippen LogP contribution is 2.29. The lowest BCUT2D eigenvalue weighted by Crippen LogP contribution is -2.29. The summed E-state index contributed by atoms with van der Waals surface area (Å²) in [7, 11) is 0. The number of esters is 1. The summed E-state index contributed by atoms with van der Waals surface area (Å²) in [5.74, 6) is 1.32. The fraction of sp³-hybridized carbons (Fsp3) is 0.929. The molecule has 1 aliphatic carbocycles. The van der Waals surface area contributed by atoms with Crippen molar-refractivity contribution < 1.29 is 9.53 Å². The molecule has 1 fully saturated rings. The fourth-order valence-corrected chi connectivity index (χ4v) is 2.64. The zero-order chi connectivity index (χ0) is 12.8. The van der Waals surface area contributed by atoms with E-state index >= 15 is 0 Å². The topological polar surface area (TPSA) is 52.3 Å². The van der Waals surface area contributed by atoms with Crippen LogP contribution in [0.15, 0.2) is 0 Å². The summed E-state index contributed by atoms with van der Waals surface area (Å²) in [6, 6.07) is 0. The number of ether oxygens (including phenoxy) is 1. The Morgan fingerprint density at radius 3 is 2.29 bits per heavy atom. The van der Waals surface area contributed by atoms with Gasteiger partial charge < -0.3 is 10.5 Å². The van der Waals surface area contributed by atoms with Gasteiger partial charge in [0.05, 0.1) is 12.0 Å². The summed E-state index contributed by atoms with van der Waals surface area (Å²) in [5, 5.41) is 0. The van der Waals surface area contributed by atoms with Gasteiger partial charge >= 0.3 is 5.97 Å². The largest absolute Gasteiger partial charge is 0.462 e. The molecule has 0 saturated heterocycles. The Bertz CT molecular complexity index is 232. The minimum atomic E-state index is 0.00798. The van der Waals surface area contributed by atoms with Crippen LogP contribution in [-0.4, -0.2) is 18.6 Å².